The Kier molecular flexibility index (Phi) is 7.31. The molecule has 1 aliphatic heterocycles. The zero-order valence-electron chi connectivity index (χ0n) is 15.4. The number of carboxylic acids is 1. The van der Waals surface area contributed by atoms with Crippen LogP contribution in [-0.2, 0) is 16.1 Å². The van der Waals surface area contributed by atoms with Crippen LogP contribution in [0.1, 0.15) is 16.7 Å². The average Bonchev–Trinajstić information content (AvgIpc) is 2.51. The van der Waals surface area contributed by atoms with E-state index in [1.54, 1.807) is 18.0 Å². The first kappa shape index (κ1) is 20.5. The molecule has 0 bridgehead atoms. The number of alkyl halides is 2. The van der Waals surface area contributed by atoms with Crippen molar-refractivity contribution in [2.45, 2.75) is 33.1 Å². The van der Waals surface area contributed by atoms with Crippen LogP contribution in [0, 0.1) is 13.8 Å². The maximum absolute atomic E-state index is 12.7. The van der Waals surface area contributed by atoms with Crippen molar-refractivity contribution in [1.29, 1.82) is 0 Å². The van der Waals surface area contributed by atoms with E-state index < -0.39 is 12.6 Å². The van der Waals surface area contributed by atoms with Gasteiger partial charge < -0.3 is 14.6 Å². The highest BCUT2D eigenvalue weighted by atomic mass is 19.3. The first-order valence-corrected chi connectivity index (χ1v) is 8.54. The molecule has 1 fully saturated rings. The largest absolute Gasteiger partial charge is 0.480 e. The Morgan fingerprint density at radius 1 is 1.42 bits per heavy atom. The molecule has 1 aromatic rings. The average molecular weight is 372 g/mol. The lowest BCUT2D eigenvalue weighted by Crippen LogP contribution is -2.47. The van der Waals surface area contributed by atoms with E-state index in [-0.39, 0.29) is 18.4 Å². The third kappa shape index (κ3) is 6.19. The fourth-order valence-corrected chi connectivity index (χ4v) is 3.10. The molecule has 1 saturated heterocycles. The van der Waals surface area contributed by atoms with Crippen molar-refractivity contribution >= 4 is 5.97 Å². The van der Waals surface area contributed by atoms with Crippen molar-refractivity contribution in [2.75, 3.05) is 39.8 Å². The fraction of sp³-hybridized carbons (Fsp3) is 0.611. The number of halogens is 2. The summed E-state index contributed by atoms with van der Waals surface area (Å²) in [6.07, 6.45) is -0.126. The number of morpholine rings is 1. The van der Waals surface area contributed by atoms with Gasteiger partial charge in [-0.15, -0.1) is 0 Å². The molecule has 0 saturated carbocycles. The van der Waals surface area contributed by atoms with Crippen LogP contribution in [0.2, 0.25) is 0 Å². The minimum atomic E-state index is -2.86. The van der Waals surface area contributed by atoms with E-state index in [0.717, 1.165) is 11.1 Å². The number of rotatable bonds is 8. The molecule has 0 amide bonds. The number of nitrogens with zero attached hydrogens (tertiary/aromatic N) is 2. The van der Waals surface area contributed by atoms with Gasteiger partial charge in [0.05, 0.1) is 19.3 Å². The predicted molar refractivity (Wildman–Crippen MR) is 92.7 cm³/mol. The second kappa shape index (κ2) is 9.25. The Balaban J connectivity index is 2.03. The van der Waals surface area contributed by atoms with Crippen molar-refractivity contribution in [3.8, 4) is 5.75 Å². The van der Waals surface area contributed by atoms with Gasteiger partial charge in [-0.25, -0.2) is 0 Å². The molecule has 1 N–H and O–H groups in total. The Morgan fingerprint density at radius 3 is 2.77 bits per heavy atom. The number of hydrogen-bond donors (Lipinski definition) is 1. The zero-order valence-corrected chi connectivity index (χ0v) is 15.4. The highest BCUT2D eigenvalue weighted by molar-refractivity contribution is 5.69. The van der Waals surface area contributed by atoms with Crippen molar-refractivity contribution in [3.63, 3.8) is 0 Å². The second-order valence-corrected chi connectivity index (χ2v) is 6.74. The Hall–Kier alpha value is -1.77. The molecule has 2 rings (SSSR count). The minimum Gasteiger partial charge on any atom is -0.480 e. The Labute approximate surface area is 152 Å². The van der Waals surface area contributed by atoms with Crippen molar-refractivity contribution in [2.24, 2.45) is 0 Å². The molecule has 26 heavy (non-hydrogen) atoms. The summed E-state index contributed by atoms with van der Waals surface area (Å²) in [6.45, 7) is 3.66. The molecule has 1 aliphatic rings. The lowest BCUT2D eigenvalue weighted by atomic mass is 10.0. The SMILES string of the molecule is Cc1cc(CN2CCOC(CN(C)CC(=O)O)C2)c(OC(F)F)cc1C. The van der Waals surface area contributed by atoms with Crippen molar-refractivity contribution in [3.05, 3.63) is 28.8 Å². The number of carbonyl (C=O) groups is 1. The molecule has 1 aromatic carbocycles. The van der Waals surface area contributed by atoms with Gasteiger partial charge in [0.15, 0.2) is 0 Å². The third-order valence-electron chi connectivity index (χ3n) is 4.43. The maximum atomic E-state index is 12.7. The predicted octanol–water partition coefficient (Wildman–Crippen LogP) is 2.12. The second-order valence-electron chi connectivity index (χ2n) is 6.74. The quantitative estimate of drug-likeness (QED) is 0.754. The molecule has 1 atom stereocenters. The van der Waals surface area contributed by atoms with Crippen LogP contribution in [0.4, 0.5) is 8.78 Å². The molecule has 8 heteroatoms. The van der Waals surface area contributed by atoms with E-state index in [4.69, 9.17) is 14.6 Å². The summed E-state index contributed by atoms with van der Waals surface area (Å²) in [5.74, 6) is -0.682. The molecule has 1 unspecified atom stereocenters. The topological polar surface area (TPSA) is 62.2 Å². The number of likely N-dealkylation sites (N-methyl/N-ethyl adjacent to an activating group) is 1. The molecule has 1 heterocycles. The summed E-state index contributed by atoms with van der Waals surface area (Å²) in [5, 5.41) is 8.84. The van der Waals surface area contributed by atoms with Crippen LogP contribution in [0.3, 0.4) is 0 Å². The van der Waals surface area contributed by atoms with Crippen molar-refractivity contribution in [1.82, 2.24) is 9.80 Å². The van der Waals surface area contributed by atoms with E-state index in [2.05, 4.69) is 4.90 Å². The lowest BCUT2D eigenvalue weighted by Gasteiger charge is -2.35. The zero-order chi connectivity index (χ0) is 19.3. The van der Waals surface area contributed by atoms with Gasteiger partial charge >= 0.3 is 12.6 Å². The number of ether oxygens (including phenoxy) is 2. The van der Waals surface area contributed by atoms with E-state index in [9.17, 15) is 13.6 Å². The van der Waals surface area contributed by atoms with Gasteiger partial charge in [0, 0.05) is 31.7 Å². The summed E-state index contributed by atoms with van der Waals surface area (Å²) in [7, 11) is 1.73. The van der Waals surface area contributed by atoms with Crippen LogP contribution in [-0.4, -0.2) is 73.4 Å². The van der Waals surface area contributed by atoms with Gasteiger partial charge in [-0.05, 0) is 38.1 Å². The molecule has 6 nitrogen and oxygen atoms in total. The highest BCUT2D eigenvalue weighted by Crippen LogP contribution is 2.27. The minimum absolute atomic E-state index is 0.0522. The van der Waals surface area contributed by atoms with Crippen LogP contribution >= 0.6 is 0 Å². The molecule has 146 valence electrons. The summed E-state index contributed by atoms with van der Waals surface area (Å²) >= 11 is 0. The molecule has 0 aliphatic carbocycles. The normalized spacial score (nSPS) is 18.5. The van der Waals surface area contributed by atoms with Gasteiger partial charge in [0.25, 0.3) is 0 Å². The third-order valence-corrected chi connectivity index (χ3v) is 4.43. The van der Waals surface area contributed by atoms with Crippen LogP contribution in [0.25, 0.3) is 0 Å². The molecule has 0 spiro atoms. The van der Waals surface area contributed by atoms with Gasteiger partial charge in [-0.1, -0.05) is 6.07 Å². The van der Waals surface area contributed by atoms with Crippen LogP contribution in [0.15, 0.2) is 12.1 Å². The van der Waals surface area contributed by atoms with Gasteiger partial charge in [0.1, 0.15) is 5.75 Å². The molecule has 0 aromatic heterocycles. The monoisotopic (exact) mass is 372 g/mol. The van der Waals surface area contributed by atoms with E-state index in [0.29, 0.717) is 38.3 Å². The number of hydrogen-bond acceptors (Lipinski definition) is 5. The Morgan fingerprint density at radius 2 is 2.12 bits per heavy atom. The number of benzene rings is 1. The summed E-state index contributed by atoms with van der Waals surface area (Å²) in [5.41, 5.74) is 2.64. The fourth-order valence-electron chi connectivity index (χ4n) is 3.10. The van der Waals surface area contributed by atoms with E-state index in [1.807, 2.05) is 19.9 Å². The van der Waals surface area contributed by atoms with Gasteiger partial charge in [-0.3, -0.25) is 14.6 Å². The summed E-state index contributed by atoms with van der Waals surface area (Å²) in [4.78, 5) is 14.6. The summed E-state index contributed by atoms with van der Waals surface area (Å²) in [6, 6.07) is 3.53. The molecule has 0 radical (unpaired) electrons. The number of aryl methyl sites for hydroxylation is 2. The first-order valence-electron chi connectivity index (χ1n) is 8.54. The number of carboxylic acid groups (broad SMARTS) is 1. The summed E-state index contributed by atoms with van der Waals surface area (Å²) < 4.78 is 35.8. The molecular formula is C18H26F2N2O4. The molecular weight excluding hydrogens is 346 g/mol. The van der Waals surface area contributed by atoms with Gasteiger partial charge in [0.2, 0.25) is 0 Å². The van der Waals surface area contributed by atoms with Gasteiger partial charge in [-0.2, -0.15) is 8.78 Å². The van der Waals surface area contributed by atoms with Crippen LogP contribution in [0.5, 0.6) is 5.75 Å². The van der Waals surface area contributed by atoms with Crippen molar-refractivity contribution < 1.29 is 28.2 Å². The first-order chi connectivity index (χ1) is 12.2. The van der Waals surface area contributed by atoms with E-state index >= 15 is 0 Å². The Bertz CT molecular complexity index is 627. The van der Waals surface area contributed by atoms with Crippen LogP contribution < -0.4 is 4.74 Å². The smallest absolute Gasteiger partial charge is 0.387 e. The standard InChI is InChI=1S/C18H26F2N2O4/c1-12-6-14(16(7-13(12)2)26-18(19)20)8-22-4-5-25-15(10-22)9-21(3)11-17(23)24/h6-7,15,18H,4-5,8-11H2,1-3H3,(H,23,24). The maximum Gasteiger partial charge on any atom is 0.387 e. The van der Waals surface area contributed by atoms with E-state index in [1.165, 1.54) is 0 Å². The number of aliphatic carboxylic acids is 1. The highest BCUT2D eigenvalue weighted by Gasteiger charge is 2.24. The lowest BCUT2D eigenvalue weighted by molar-refractivity contribution is -0.138.